The monoisotopic (exact) mass is 669 g/mol. The molecule has 4 heterocycles. The summed E-state index contributed by atoms with van der Waals surface area (Å²) in [6.07, 6.45) is 0. The molecule has 0 fully saturated rings. The summed E-state index contributed by atoms with van der Waals surface area (Å²) in [5, 5.41) is 6.70. The van der Waals surface area contributed by atoms with Gasteiger partial charge in [-0.2, -0.15) is 4.98 Å². The third kappa shape index (κ3) is 4.32. The molecular weight excluding hydrogens is 643 g/mol. The molecule has 0 spiro atoms. The van der Waals surface area contributed by atoms with E-state index in [1.165, 1.54) is 25.6 Å². The summed E-state index contributed by atoms with van der Waals surface area (Å²) >= 11 is 1.82. The lowest BCUT2D eigenvalue weighted by Gasteiger charge is -2.13. The van der Waals surface area contributed by atoms with Gasteiger partial charge in [0.2, 0.25) is 11.7 Å². The summed E-state index contributed by atoms with van der Waals surface area (Å²) in [5.74, 6) is 0.580. The van der Waals surface area contributed by atoms with E-state index in [9.17, 15) is 0 Å². The number of hydrogen-bond donors (Lipinski definition) is 0. The maximum atomic E-state index is 6.59. The molecule has 0 saturated heterocycles. The molecule has 0 N–H and O–H groups in total. The maximum Gasteiger partial charge on any atom is 0.238 e. The Bertz CT molecular complexity index is 3080. The topological polar surface area (TPSA) is 43.9 Å². The van der Waals surface area contributed by atoms with Gasteiger partial charge in [-0.05, 0) is 64.7 Å². The van der Waals surface area contributed by atoms with Crippen LogP contribution in [0, 0.1) is 0 Å². The van der Waals surface area contributed by atoms with Crippen LogP contribution in [-0.4, -0.2) is 14.5 Å². The average Bonchev–Trinajstić information content (AvgIpc) is 3.87. The quantitative estimate of drug-likeness (QED) is 0.187. The van der Waals surface area contributed by atoms with E-state index in [2.05, 4.69) is 156 Å². The summed E-state index contributed by atoms with van der Waals surface area (Å²) in [5.41, 5.74) is 9.89. The molecule has 11 rings (SSSR count). The first kappa shape index (κ1) is 28.3. The lowest BCUT2D eigenvalue weighted by molar-refractivity contribution is 0.651. The smallest absolute Gasteiger partial charge is 0.238 e. The molecule has 0 unspecified atom stereocenters. The summed E-state index contributed by atoms with van der Waals surface area (Å²) in [6.45, 7) is 0. The molecule has 11 aromatic rings. The SMILES string of the molecule is c1ccc(-c2cc(-c3ccccc3)cc(-c3nc(-n4c5ccccc5c5ccc6sc7ccccc7c6c54)nc4oc5ccccc5c34)c2)cc1. The van der Waals surface area contributed by atoms with Crippen molar-refractivity contribution in [2.24, 2.45) is 0 Å². The van der Waals surface area contributed by atoms with Crippen molar-refractivity contribution < 1.29 is 4.42 Å². The normalized spacial score (nSPS) is 11.9. The minimum absolute atomic E-state index is 0.566. The van der Waals surface area contributed by atoms with Gasteiger partial charge < -0.3 is 4.42 Å². The molecule has 4 nitrogen and oxygen atoms in total. The molecule has 0 amide bonds. The Balaban J connectivity index is 1.29. The molecule has 0 aliphatic heterocycles. The largest absolute Gasteiger partial charge is 0.437 e. The fourth-order valence-electron chi connectivity index (χ4n) is 7.75. The third-order valence-electron chi connectivity index (χ3n) is 10.0. The number of para-hydroxylation sites is 2. The van der Waals surface area contributed by atoms with Crippen LogP contribution < -0.4 is 0 Å². The number of furan rings is 1. The first-order valence-corrected chi connectivity index (χ1v) is 17.9. The van der Waals surface area contributed by atoms with Gasteiger partial charge in [-0.15, -0.1) is 11.3 Å². The lowest BCUT2D eigenvalue weighted by Crippen LogP contribution is -2.03. The number of nitrogens with zero attached hydrogens (tertiary/aromatic N) is 3. The van der Waals surface area contributed by atoms with Crippen molar-refractivity contribution in [3.05, 3.63) is 164 Å². The average molecular weight is 670 g/mol. The van der Waals surface area contributed by atoms with E-state index in [-0.39, 0.29) is 0 Å². The van der Waals surface area contributed by atoms with Gasteiger partial charge in [0.25, 0.3) is 0 Å². The molecule has 51 heavy (non-hydrogen) atoms. The Morgan fingerprint density at radius 1 is 0.451 bits per heavy atom. The molecule has 5 heteroatoms. The number of hydrogen-bond acceptors (Lipinski definition) is 4. The third-order valence-corrected chi connectivity index (χ3v) is 11.2. The van der Waals surface area contributed by atoms with Crippen molar-refractivity contribution in [1.29, 1.82) is 0 Å². The highest BCUT2D eigenvalue weighted by Crippen LogP contribution is 2.44. The molecule has 0 aliphatic rings. The Kier molecular flexibility index (Phi) is 6.09. The van der Waals surface area contributed by atoms with Gasteiger partial charge in [-0.25, -0.2) is 4.98 Å². The van der Waals surface area contributed by atoms with Gasteiger partial charge in [0, 0.05) is 41.9 Å². The second kappa shape index (κ2) is 11.0. The standard InChI is InChI=1S/C46H27N3OS/c1-3-13-28(14-4-1)30-25-31(29-15-5-2-6-16-29)27-32(26-30)43-42-35-18-8-11-21-38(35)50-45(42)48-46(47-43)49-37-20-10-7-17-33(37)34-23-24-40-41(44(34)49)36-19-9-12-22-39(36)51-40/h1-27H. The van der Waals surface area contributed by atoms with Crippen molar-refractivity contribution in [3.8, 4) is 39.5 Å². The molecule has 4 aromatic heterocycles. The van der Waals surface area contributed by atoms with Gasteiger partial charge in [0.15, 0.2) is 0 Å². The molecule has 0 bridgehead atoms. The molecular formula is C46H27N3OS. The zero-order valence-corrected chi connectivity index (χ0v) is 28.1. The number of aromatic nitrogens is 3. The second-order valence-corrected chi connectivity index (χ2v) is 14.1. The molecule has 0 radical (unpaired) electrons. The van der Waals surface area contributed by atoms with Gasteiger partial charge >= 0.3 is 0 Å². The van der Waals surface area contributed by atoms with Gasteiger partial charge in [0.1, 0.15) is 5.58 Å². The van der Waals surface area contributed by atoms with E-state index >= 15 is 0 Å². The fourth-order valence-corrected chi connectivity index (χ4v) is 8.86. The van der Waals surface area contributed by atoms with E-state index in [1.54, 1.807) is 0 Å². The predicted octanol–water partition coefficient (Wildman–Crippen LogP) is 12.8. The Labute approximate surface area is 296 Å². The second-order valence-electron chi connectivity index (χ2n) is 13.0. The van der Waals surface area contributed by atoms with Crippen molar-refractivity contribution in [3.63, 3.8) is 0 Å². The first-order valence-electron chi connectivity index (χ1n) is 17.1. The highest BCUT2D eigenvalue weighted by Gasteiger charge is 2.23. The number of thiophene rings is 1. The number of benzene rings is 7. The highest BCUT2D eigenvalue weighted by molar-refractivity contribution is 7.26. The molecule has 0 saturated carbocycles. The molecule has 7 aromatic carbocycles. The molecule has 0 atom stereocenters. The van der Waals surface area contributed by atoms with Crippen LogP contribution in [0.15, 0.2) is 168 Å². The van der Waals surface area contributed by atoms with Crippen LogP contribution in [0.3, 0.4) is 0 Å². The zero-order chi connectivity index (χ0) is 33.5. The minimum Gasteiger partial charge on any atom is -0.437 e. The fraction of sp³-hybridized carbons (Fsp3) is 0. The predicted molar refractivity (Wildman–Crippen MR) is 213 cm³/mol. The van der Waals surface area contributed by atoms with Gasteiger partial charge in [-0.1, -0.05) is 121 Å². The van der Waals surface area contributed by atoms with Crippen LogP contribution in [0.5, 0.6) is 0 Å². The van der Waals surface area contributed by atoms with Crippen molar-refractivity contribution >= 4 is 75.4 Å². The van der Waals surface area contributed by atoms with Crippen molar-refractivity contribution in [2.45, 2.75) is 0 Å². The number of rotatable bonds is 4. The van der Waals surface area contributed by atoms with E-state index in [0.717, 1.165) is 66.3 Å². The van der Waals surface area contributed by atoms with Crippen molar-refractivity contribution in [2.75, 3.05) is 0 Å². The van der Waals surface area contributed by atoms with E-state index in [1.807, 2.05) is 23.5 Å². The van der Waals surface area contributed by atoms with Crippen LogP contribution in [0.4, 0.5) is 0 Å². The van der Waals surface area contributed by atoms with Crippen LogP contribution in [0.25, 0.3) is 104 Å². The summed E-state index contributed by atoms with van der Waals surface area (Å²) in [7, 11) is 0. The van der Waals surface area contributed by atoms with Crippen LogP contribution >= 0.6 is 11.3 Å². The van der Waals surface area contributed by atoms with Gasteiger partial charge in [0.05, 0.1) is 22.1 Å². The Hall–Kier alpha value is -6.56. The maximum absolute atomic E-state index is 6.59. The molecule has 0 aliphatic carbocycles. The van der Waals surface area contributed by atoms with Crippen molar-refractivity contribution in [1.82, 2.24) is 14.5 Å². The molecule has 238 valence electrons. The Morgan fingerprint density at radius 2 is 1.08 bits per heavy atom. The summed E-state index contributed by atoms with van der Waals surface area (Å²) in [6, 6.07) is 57.8. The van der Waals surface area contributed by atoms with E-state index in [0.29, 0.717) is 11.7 Å². The van der Waals surface area contributed by atoms with Crippen LogP contribution in [0.2, 0.25) is 0 Å². The highest BCUT2D eigenvalue weighted by atomic mass is 32.1. The summed E-state index contributed by atoms with van der Waals surface area (Å²) < 4.78 is 11.3. The summed E-state index contributed by atoms with van der Waals surface area (Å²) in [4.78, 5) is 10.8. The number of fused-ring (bicyclic) bond motifs is 10. The zero-order valence-electron chi connectivity index (χ0n) is 27.2. The first-order chi connectivity index (χ1) is 25.3. The lowest BCUT2D eigenvalue weighted by atomic mass is 9.94. The minimum atomic E-state index is 0.566. The van der Waals surface area contributed by atoms with Gasteiger partial charge in [-0.3, -0.25) is 4.57 Å². The van der Waals surface area contributed by atoms with E-state index < -0.39 is 0 Å². The Morgan fingerprint density at radius 3 is 1.84 bits per heavy atom. The van der Waals surface area contributed by atoms with E-state index in [4.69, 9.17) is 14.4 Å². The van der Waals surface area contributed by atoms with Crippen LogP contribution in [-0.2, 0) is 0 Å². The van der Waals surface area contributed by atoms with Crippen LogP contribution in [0.1, 0.15) is 0 Å².